The van der Waals surface area contributed by atoms with Crippen LogP contribution >= 0.6 is 31.9 Å². The van der Waals surface area contributed by atoms with Crippen LogP contribution in [0.2, 0.25) is 0 Å². The monoisotopic (exact) mass is 336 g/mol. The van der Waals surface area contributed by atoms with Crippen molar-refractivity contribution >= 4 is 37.6 Å². The molecule has 0 spiro atoms. The summed E-state index contributed by atoms with van der Waals surface area (Å²) >= 11 is 6.39. The Morgan fingerprint density at radius 2 is 2.20 bits per heavy atom. The van der Waals surface area contributed by atoms with E-state index in [4.69, 9.17) is 9.84 Å². The first kappa shape index (κ1) is 12.7. The van der Waals surface area contributed by atoms with Crippen molar-refractivity contribution in [1.29, 1.82) is 0 Å². The number of Topliss-reactive ketones (excluding diaryl/α,β-unsaturated/α-hetero) is 1. The fourth-order valence-corrected chi connectivity index (χ4v) is 2.02. The van der Waals surface area contributed by atoms with E-state index in [0.29, 0.717) is 21.3 Å². The van der Waals surface area contributed by atoms with Gasteiger partial charge >= 0.3 is 0 Å². The van der Waals surface area contributed by atoms with Crippen LogP contribution in [0, 0.1) is 0 Å². The molecule has 0 atom stereocenters. The van der Waals surface area contributed by atoms with E-state index in [1.54, 1.807) is 12.1 Å². The van der Waals surface area contributed by atoms with Crippen LogP contribution < -0.4 is 4.74 Å². The van der Waals surface area contributed by atoms with Gasteiger partial charge in [-0.1, -0.05) is 15.9 Å². The van der Waals surface area contributed by atoms with Crippen molar-refractivity contribution in [3.63, 3.8) is 0 Å². The zero-order valence-electron chi connectivity index (χ0n) is 8.09. The lowest BCUT2D eigenvalue weighted by atomic mass is 10.0. The molecule has 5 heteroatoms. The summed E-state index contributed by atoms with van der Waals surface area (Å²) < 4.78 is 5.78. The third-order valence-corrected chi connectivity index (χ3v) is 3.10. The Labute approximate surface area is 105 Å². The number of carbonyl (C=O) groups excluding carboxylic acids is 1. The summed E-state index contributed by atoms with van der Waals surface area (Å²) in [4.78, 5) is 11.5. The molecule has 15 heavy (non-hydrogen) atoms. The summed E-state index contributed by atoms with van der Waals surface area (Å²) in [6, 6.07) is 3.31. The molecule has 1 aromatic rings. The van der Waals surface area contributed by atoms with Crippen molar-refractivity contribution < 1.29 is 14.6 Å². The molecule has 0 saturated carbocycles. The Balaban J connectivity index is 3.27. The third-order valence-electron chi connectivity index (χ3n) is 1.97. The van der Waals surface area contributed by atoms with Gasteiger partial charge < -0.3 is 9.84 Å². The molecule has 3 nitrogen and oxygen atoms in total. The third kappa shape index (κ3) is 2.80. The molecule has 0 aliphatic heterocycles. The number of hydrogen-bond donors (Lipinski definition) is 1. The number of alkyl halides is 1. The molecule has 0 aliphatic rings. The summed E-state index contributed by atoms with van der Waals surface area (Å²) in [5, 5.41) is 9.37. The number of carbonyl (C=O) groups is 1. The van der Waals surface area contributed by atoms with E-state index in [0.717, 1.165) is 0 Å². The highest BCUT2D eigenvalue weighted by Gasteiger charge is 2.13. The Morgan fingerprint density at radius 1 is 1.53 bits per heavy atom. The molecule has 0 fully saturated rings. The maximum absolute atomic E-state index is 11.5. The Kier molecular flexibility index (Phi) is 4.76. The molecule has 0 bridgehead atoms. The van der Waals surface area contributed by atoms with Gasteiger partial charge in [-0.25, -0.2) is 0 Å². The van der Waals surface area contributed by atoms with Crippen molar-refractivity contribution in [1.82, 2.24) is 0 Å². The van der Waals surface area contributed by atoms with Gasteiger partial charge in [-0.2, -0.15) is 0 Å². The molecular formula is C10H10Br2O3. The molecule has 1 rings (SSSR count). The standard InChI is InChI=1S/C10H10Br2O3/c1-15-10-2-6(5-13)7(3-8(10)12)9(14)4-11/h2-3,13H,4-5H2,1H3. The Hall–Kier alpha value is -0.390. The number of hydrogen-bond acceptors (Lipinski definition) is 3. The topological polar surface area (TPSA) is 46.5 Å². The highest BCUT2D eigenvalue weighted by molar-refractivity contribution is 9.10. The molecule has 1 aromatic carbocycles. The van der Waals surface area contributed by atoms with Gasteiger partial charge in [0.05, 0.1) is 23.5 Å². The highest BCUT2D eigenvalue weighted by Crippen LogP contribution is 2.29. The van der Waals surface area contributed by atoms with Gasteiger partial charge in [-0.05, 0) is 33.6 Å². The van der Waals surface area contributed by atoms with Gasteiger partial charge in [0.25, 0.3) is 0 Å². The van der Waals surface area contributed by atoms with Crippen LogP contribution in [0.3, 0.4) is 0 Å². The van der Waals surface area contributed by atoms with Crippen LogP contribution in [-0.2, 0) is 6.61 Å². The second kappa shape index (κ2) is 5.63. The van der Waals surface area contributed by atoms with E-state index in [1.165, 1.54) is 7.11 Å². The van der Waals surface area contributed by atoms with Gasteiger partial charge in [-0.3, -0.25) is 4.79 Å². The van der Waals surface area contributed by atoms with E-state index >= 15 is 0 Å². The van der Waals surface area contributed by atoms with Crippen LogP contribution in [-0.4, -0.2) is 23.3 Å². The number of benzene rings is 1. The number of rotatable bonds is 4. The fraction of sp³-hybridized carbons (Fsp3) is 0.300. The van der Waals surface area contributed by atoms with Crippen molar-refractivity contribution in [2.45, 2.75) is 6.61 Å². The van der Waals surface area contributed by atoms with Crippen LogP contribution in [0.5, 0.6) is 5.75 Å². The summed E-state index contributed by atoms with van der Waals surface area (Å²) in [6.45, 7) is -0.183. The van der Waals surface area contributed by atoms with Gasteiger partial charge in [0.1, 0.15) is 5.75 Å². The van der Waals surface area contributed by atoms with Crippen molar-refractivity contribution in [3.8, 4) is 5.75 Å². The second-order valence-electron chi connectivity index (χ2n) is 2.86. The largest absolute Gasteiger partial charge is 0.496 e. The molecule has 1 N–H and O–H groups in total. The number of methoxy groups -OCH3 is 1. The lowest BCUT2D eigenvalue weighted by molar-refractivity contribution is 0.102. The molecule has 0 heterocycles. The maximum atomic E-state index is 11.5. The fourth-order valence-electron chi connectivity index (χ4n) is 1.21. The lowest BCUT2D eigenvalue weighted by Gasteiger charge is -2.09. The van der Waals surface area contributed by atoms with Crippen molar-refractivity contribution in [2.75, 3.05) is 12.4 Å². The Bertz CT molecular complexity index is 377. The molecule has 0 amide bonds. The van der Waals surface area contributed by atoms with Crippen LogP contribution in [0.4, 0.5) is 0 Å². The van der Waals surface area contributed by atoms with E-state index in [-0.39, 0.29) is 17.7 Å². The zero-order chi connectivity index (χ0) is 11.4. The summed E-state index contributed by atoms with van der Waals surface area (Å²) in [5.41, 5.74) is 1.07. The minimum Gasteiger partial charge on any atom is -0.496 e. The van der Waals surface area contributed by atoms with E-state index < -0.39 is 0 Å². The average molecular weight is 338 g/mol. The molecule has 0 saturated heterocycles. The van der Waals surface area contributed by atoms with Crippen LogP contribution in [0.25, 0.3) is 0 Å². The smallest absolute Gasteiger partial charge is 0.173 e. The summed E-state index contributed by atoms with van der Waals surface area (Å²) in [7, 11) is 1.53. The van der Waals surface area contributed by atoms with Gasteiger partial charge in [0.15, 0.2) is 5.78 Å². The first-order valence-electron chi connectivity index (χ1n) is 4.20. The number of halogens is 2. The van der Waals surface area contributed by atoms with Crippen LogP contribution in [0.1, 0.15) is 15.9 Å². The summed E-state index contributed by atoms with van der Waals surface area (Å²) in [5.74, 6) is 0.535. The van der Waals surface area contributed by atoms with Crippen LogP contribution in [0.15, 0.2) is 16.6 Å². The quantitative estimate of drug-likeness (QED) is 0.678. The first-order valence-corrected chi connectivity index (χ1v) is 6.12. The highest BCUT2D eigenvalue weighted by atomic mass is 79.9. The van der Waals surface area contributed by atoms with Gasteiger partial charge in [0, 0.05) is 5.56 Å². The van der Waals surface area contributed by atoms with E-state index in [2.05, 4.69) is 31.9 Å². The molecule has 0 unspecified atom stereocenters. The minimum absolute atomic E-state index is 0.0672. The maximum Gasteiger partial charge on any atom is 0.173 e. The van der Waals surface area contributed by atoms with Crippen molar-refractivity contribution in [3.05, 3.63) is 27.7 Å². The lowest BCUT2D eigenvalue weighted by Crippen LogP contribution is -2.05. The first-order chi connectivity index (χ1) is 7.13. The van der Waals surface area contributed by atoms with E-state index in [9.17, 15) is 4.79 Å². The van der Waals surface area contributed by atoms with Crippen molar-refractivity contribution in [2.24, 2.45) is 0 Å². The molecular weight excluding hydrogens is 328 g/mol. The minimum atomic E-state index is -0.183. The number of aliphatic hydroxyl groups excluding tert-OH is 1. The van der Waals surface area contributed by atoms with E-state index in [1.807, 2.05) is 0 Å². The second-order valence-corrected chi connectivity index (χ2v) is 4.27. The molecule has 82 valence electrons. The predicted octanol–water partition coefficient (Wildman–Crippen LogP) is 2.53. The average Bonchev–Trinajstić information content (AvgIpc) is 2.27. The Morgan fingerprint density at radius 3 is 2.67 bits per heavy atom. The molecule has 0 aromatic heterocycles. The predicted molar refractivity (Wildman–Crippen MR) is 64.7 cm³/mol. The zero-order valence-corrected chi connectivity index (χ0v) is 11.3. The molecule has 0 radical (unpaired) electrons. The SMILES string of the molecule is COc1cc(CO)c(C(=O)CBr)cc1Br. The number of ketones is 1. The normalized spacial score (nSPS) is 10.1. The number of aliphatic hydroxyl groups is 1. The van der Waals surface area contributed by atoms with Gasteiger partial charge in [-0.15, -0.1) is 0 Å². The van der Waals surface area contributed by atoms with Gasteiger partial charge in [0.2, 0.25) is 0 Å². The summed E-state index contributed by atoms with van der Waals surface area (Å²) in [6.07, 6.45) is 0. The molecule has 0 aliphatic carbocycles. The number of ether oxygens (including phenoxy) is 1.